The molecule has 1 atom stereocenters. The Hall–Kier alpha value is -0.120. The maximum atomic E-state index is 8.99. The van der Waals surface area contributed by atoms with Crippen molar-refractivity contribution in [3.8, 4) is 0 Å². The van der Waals surface area contributed by atoms with E-state index in [1.165, 1.54) is 45.3 Å². The van der Waals surface area contributed by atoms with Crippen LogP contribution in [0.1, 0.15) is 39.0 Å². The second-order valence-electron chi connectivity index (χ2n) is 4.90. The molecule has 0 bridgehead atoms. The monoisotopic (exact) mass is 228 g/mol. The third kappa shape index (κ3) is 5.83. The van der Waals surface area contributed by atoms with E-state index in [4.69, 9.17) is 5.11 Å². The van der Waals surface area contributed by atoms with E-state index in [-0.39, 0.29) is 0 Å². The van der Waals surface area contributed by atoms with Crippen molar-refractivity contribution in [2.24, 2.45) is 5.92 Å². The first-order chi connectivity index (χ1) is 7.86. The lowest BCUT2D eigenvalue weighted by Crippen LogP contribution is -2.43. The zero-order valence-corrected chi connectivity index (χ0v) is 10.7. The van der Waals surface area contributed by atoms with Crippen molar-refractivity contribution in [1.82, 2.24) is 10.2 Å². The zero-order valence-electron chi connectivity index (χ0n) is 10.7. The number of hydrogen-bond acceptors (Lipinski definition) is 3. The molecule has 1 aliphatic heterocycles. The zero-order chi connectivity index (χ0) is 11.6. The van der Waals surface area contributed by atoms with Crippen LogP contribution < -0.4 is 5.32 Å². The Morgan fingerprint density at radius 1 is 1.19 bits per heavy atom. The highest BCUT2D eigenvalue weighted by molar-refractivity contribution is 4.68. The molecule has 0 amide bonds. The summed E-state index contributed by atoms with van der Waals surface area (Å²) >= 11 is 0. The van der Waals surface area contributed by atoms with Gasteiger partial charge >= 0.3 is 0 Å². The SMILES string of the molecule is CCC[C@H](CCO)CCCN1CCNCC1. The lowest BCUT2D eigenvalue weighted by Gasteiger charge is -2.27. The van der Waals surface area contributed by atoms with Crippen molar-refractivity contribution in [3.05, 3.63) is 0 Å². The smallest absolute Gasteiger partial charge is 0.0433 e. The Bertz CT molecular complexity index is 152. The fourth-order valence-corrected chi connectivity index (χ4v) is 2.56. The molecule has 3 nitrogen and oxygen atoms in total. The molecular weight excluding hydrogens is 200 g/mol. The lowest BCUT2D eigenvalue weighted by molar-refractivity contribution is 0.215. The summed E-state index contributed by atoms with van der Waals surface area (Å²) in [5.74, 6) is 0.748. The van der Waals surface area contributed by atoms with Crippen molar-refractivity contribution < 1.29 is 5.11 Å². The van der Waals surface area contributed by atoms with E-state index in [2.05, 4.69) is 17.1 Å². The summed E-state index contributed by atoms with van der Waals surface area (Å²) in [7, 11) is 0. The Morgan fingerprint density at radius 3 is 2.56 bits per heavy atom. The van der Waals surface area contributed by atoms with Crippen LogP contribution in [-0.4, -0.2) is 49.3 Å². The number of rotatable bonds is 8. The number of aliphatic hydroxyl groups excluding tert-OH is 1. The third-order valence-electron chi connectivity index (χ3n) is 3.53. The van der Waals surface area contributed by atoms with Gasteiger partial charge in [0, 0.05) is 32.8 Å². The third-order valence-corrected chi connectivity index (χ3v) is 3.53. The summed E-state index contributed by atoms with van der Waals surface area (Å²) in [6, 6.07) is 0. The predicted molar refractivity (Wildman–Crippen MR) is 68.6 cm³/mol. The van der Waals surface area contributed by atoms with E-state index in [1.54, 1.807) is 0 Å². The van der Waals surface area contributed by atoms with E-state index in [0.717, 1.165) is 25.4 Å². The molecule has 0 unspecified atom stereocenters. The molecular formula is C13H28N2O. The highest BCUT2D eigenvalue weighted by Crippen LogP contribution is 2.17. The van der Waals surface area contributed by atoms with E-state index in [1.807, 2.05) is 0 Å². The van der Waals surface area contributed by atoms with Crippen molar-refractivity contribution in [1.29, 1.82) is 0 Å². The minimum Gasteiger partial charge on any atom is -0.396 e. The molecule has 0 saturated carbocycles. The maximum absolute atomic E-state index is 8.99. The molecule has 1 saturated heterocycles. The molecule has 0 aromatic rings. The molecule has 0 radical (unpaired) electrons. The molecule has 0 spiro atoms. The average Bonchev–Trinajstić information content (AvgIpc) is 2.31. The van der Waals surface area contributed by atoms with Gasteiger partial charge in [-0.25, -0.2) is 0 Å². The topological polar surface area (TPSA) is 35.5 Å². The van der Waals surface area contributed by atoms with Gasteiger partial charge in [0.2, 0.25) is 0 Å². The van der Waals surface area contributed by atoms with E-state index >= 15 is 0 Å². The standard InChI is InChI=1S/C13H28N2O/c1-2-4-13(6-12-16)5-3-9-15-10-7-14-8-11-15/h13-14,16H,2-12H2,1H3/t13-/m0/s1. The van der Waals surface area contributed by atoms with Gasteiger partial charge in [-0.15, -0.1) is 0 Å². The molecule has 96 valence electrons. The van der Waals surface area contributed by atoms with Crippen molar-refractivity contribution in [2.75, 3.05) is 39.3 Å². The number of nitrogens with one attached hydrogen (secondary N) is 1. The van der Waals surface area contributed by atoms with Crippen LogP contribution in [-0.2, 0) is 0 Å². The number of aliphatic hydroxyl groups is 1. The highest BCUT2D eigenvalue weighted by atomic mass is 16.3. The quantitative estimate of drug-likeness (QED) is 0.660. The van der Waals surface area contributed by atoms with Crippen LogP contribution in [0.4, 0.5) is 0 Å². The molecule has 0 aromatic heterocycles. The number of hydrogen-bond donors (Lipinski definition) is 2. The Morgan fingerprint density at radius 2 is 1.94 bits per heavy atom. The highest BCUT2D eigenvalue weighted by Gasteiger charge is 2.11. The summed E-state index contributed by atoms with van der Waals surface area (Å²) in [6.45, 7) is 8.55. The van der Waals surface area contributed by atoms with Gasteiger partial charge in [-0.05, 0) is 31.7 Å². The molecule has 1 rings (SSSR count). The van der Waals surface area contributed by atoms with Gasteiger partial charge in [-0.1, -0.05) is 19.8 Å². The minimum atomic E-state index is 0.359. The summed E-state index contributed by atoms with van der Waals surface area (Å²) in [5, 5.41) is 12.4. The predicted octanol–water partition coefficient (Wildman–Crippen LogP) is 1.47. The van der Waals surface area contributed by atoms with Gasteiger partial charge in [0.1, 0.15) is 0 Å². The largest absolute Gasteiger partial charge is 0.396 e. The summed E-state index contributed by atoms with van der Waals surface area (Å²) in [5.41, 5.74) is 0. The van der Waals surface area contributed by atoms with Gasteiger partial charge in [0.15, 0.2) is 0 Å². The summed E-state index contributed by atoms with van der Waals surface area (Å²) < 4.78 is 0. The molecule has 2 N–H and O–H groups in total. The van der Waals surface area contributed by atoms with Crippen LogP contribution in [0.2, 0.25) is 0 Å². The van der Waals surface area contributed by atoms with E-state index in [9.17, 15) is 0 Å². The molecule has 16 heavy (non-hydrogen) atoms. The second kappa shape index (κ2) is 8.97. The molecule has 0 aliphatic carbocycles. The van der Waals surface area contributed by atoms with E-state index in [0.29, 0.717) is 6.61 Å². The molecule has 1 aliphatic rings. The van der Waals surface area contributed by atoms with Gasteiger partial charge in [0.25, 0.3) is 0 Å². The van der Waals surface area contributed by atoms with Crippen molar-refractivity contribution >= 4 is 0 Å². The van der Waals surface area contributed by atoms with Gasteiger partial charge in [-0.2, -0.15) is 0 Å². The average molecular weight is 228 g/mol. The number of piperazine rings is 1. The van der Waals surface area contributed by atoms with Crippen LogP contribution in [0.15, 0.2) is 0 Å². The first kappa shape index (κ1) is 13.9. The Balaban J connectivity index is 2.06. The van der Waals surface area contributed by atoms with E-state index < -0.39 is 0 Å². The number of nitrogens with zero attached hydrogens (tertiary/aromatic N) is 1. The Labute approximate surface area is 100 Å². The van der Waals surface area contributed by atoms with Crippen LogP contribution >= 0.6 is 0 Å². The molecule has 1 fully saturated rings. The fraction of sp³-hybridized carbons (Fsp3) is 1.00. The van der Waals surface area contributed by atoms with Crippen LogP contribution in [0.3, 0.4) is 0 Å². The van der Waals surface area contributed by atoms with Crippen LogP contribution in [0.5, 0.6) is 0 Å². The van der Waals surface area contributed by atoms with Crippen molar-refractivity contribution in [3.63, 3.8) is 0 Å². The Kier molecular flexibility index (Phi) is 7.81. The van der Waals surface area contributed by atoms with Gasteiger partial charge in [-0.3, -0.25) is 0 Å². The fourth-order valence-electron chi connectivity index (χ4n) is 2.56. The van der Waals surface area contributed by atoms with Crippen LogP contribution in [0, 0.1) is 5.92 Å². The lowest BCUT2D eigenvalue weighted by atomic mass is 9.95. The van der Waals surface area contributed by atoms with Crippen molar-refractivity contribution in [2.45, 2.75) is 39.0 Å². The molecule has 3 heteroatoms. The van der Waals surface area contributed by atoms with Gasteiger partial charge < -0.3 is 15.3 Å². The first-order valence-electron chi connectivity index (χ1n) is 6.90. The maximum Gasteiger partial charge on any atom is 0.0433 e. The normalized spacial score (nSPS) is 19.9. The molecule has 1 heterocycles. The first-order valence-corrected chi connectivity index (χ1v) is 6.90. The van der Waals surface area contributed by atoms with Gasteiger partial charge in [0.05, 0.1) is 0 Å². The second-order valence-corrected chi connectivity index (χ2v) is 4.90. The summed E-state index contributed by atoms with van der Waals surface area (Å²) in [6.07, 6.45) is 6.11. The van der Waals surface area contributed by atoms with Crippen LogP contribution in [0.25, 0.3) is 0 Å². The molecule has 0 aromatic carbocycles. The summed E-state index contributed by atoms with van der Waals surface area (Å²) in [4.78, 5) is 2.55. The minimum absolute atomic E-state index is 0.359.